The molecule has 1 aromatic carbocycles. The van der Waals surface area contributed by atoms with Crippen molar-refractivity contribution in [1.29, 1.82) is 0 Å². The molecule has 2 N–H and O–H groups in total. The third-order valence-corrected chi connectivity index (χ3v) is 6.94. The number of sulfonamides is 1. The van der Waals surface area contributed by atoms with Crippen LogP contribution in [0.1, 0.15) is 26.7 Å². The minimum Gasteiger partial charge on any atom is -0.364 e. The van der Waals surface area contributed by atoms with Gasteiger partial charge in [0.1, 0.15) is 0 Å². The zero-order chi connectivity index (χ0) is 19.4. The summed E-state index contributed by atoms with van der Waals surface area (Å²) >= 11 is 0. The molecule has 2 amide bonds. The lowest BCUT2D eigenvalue weighted by Gasteiger charge is -2.32. The summed E-state index contributed by atoms with van der Waals surface area (Å²) in [4.78, 5) is 16.4. The minimum atomic E-state index is -3.27. The molecule has 0 spiro atoms. The second kappa shape index (κ2) is 8.31. The zero-order valence-corrected chi connectivity index (χ0v) is 16.7. The van der Waals surface area contributed by atoms with Gasteiger partial charge in [0, 0.05) is 43.6 Å². The predicted octanol–water partition coefficient (Wildman–Crippen LogP) is 2.39. The Hall–Kier alpha value is -2.06. The molecule has 0 aliphatic carbocycles. The van der Waals surface area contributed by atoms with Crippen molar-refractivity contribution >= 4 is 27.4 Å². The van der Waals surface area contributed by atoms with Gasteiger partial charge >= 0.3 is 6.03 Å². The van der Waals surface area contributed by atoms with Gasteiger partial charge in [0.25, 0.3) is 0 Å². The highest BCUT2D eigenvalue weighted by Crippen LogP contribution is 2.20. The highest BCUT2D eigenvalue weighted by Gasteiger charge is 2.27. The van der Waals surface area contributed by atoms with E-state index in [2.05, 4.69) is 27.1 Å². The Balaban J connectivity index is 1.48. The van der Waals surface area contributed by atoms with Gasteiger partial charge < -0.3 is 15.1 Å². The van der Waals surface area contributed by atoms with E-state index in [9.17, 15) is 13.2 Å². The molecule has 2 aliphatic rings. The fraction of sp³-hybridized carbons (Fsp3) is 0.526. The number of nitrogens with one attached hydrogen (secondary N) is 2. The van der Waals surface area contributed by atoms with E-state index in [1.165, 1.54) is 0 Å². The summed E-state index contributed by atoms with van der Waals surface area (Å²) in [5, 5.41) is 2.48. The summed E-state index contributed by atoms with van der Waals surface area (Å²) in [7, 11) is -3.27. The standard InChI is InChI=1S/C19H28N4O3S/c1-15(2)27(25,26)21-17-9-13-23(14-10-17)19(24)20-16-5-7-18(8-6-16)22-11-3-4-12-22/h3-8,15,17,21H,9-14H2,1-2H3,(H,20,24). The average molecular weight is 393 g/mol. The highest BCUT2D eigenvalue weighted by atomic mass is 32.2. The Bertz CT molecular complexity index is 774. The summed E-state index contributed by atoms with van der Waals surface area (Å²) in [6.07, 6.45) is 5.53. The van der Waals surface area contributed by atoms with Crippen molar-refractivity contribution in [2.75, 3.05) is 36.4 Å². The lowest BCUT2D eigenvalue weighted by Crippen LogP contribution is -2.48. The molecule has 1 saturated heterocycles. The molecule has 8 heteroatoms. The number of carbonyl (C=O) groups excluding carboxylic acids is 1. The van der Waals surface area contributed by atoms with Gasteiger partial charge in [-0.2, -0.15) is 0 Å². The number of carbonyl (C=O) groups is 1. The van der Waals surface area contributed by atoms with Crippen LogP contribution in [0.25, 0.3) is 0 Å². The summed E-state index contributed by atoms with van der Waals surface area (Å²) < 4.78 is 26.7. The van der Waals surface area contributed by atoms with E-state index in [1.54, 1.807) is 18.7 Å². The molecule has 2 heterocycles. The third-order valence-electron chi connectivity index (χ3n) is 5.04. The fourth-order valence-electron chi connectivity index (χ4n) is 3.22. The van der Waals surface area contributed by atoms with Gasteiger partial charge in [-0.1, -0.05) is 12.2 Å². The number of likely N-dealkylation sites (tertiary alicyclic amines) is 1. The van der Waals surface area contributed by atoms with Crippen molar-refractivity contribution in [1.82, 2.24) is 9.62 Å². The monoisotopic (exact) mass is 392 g/mol. The van der Waals surface area contributed by atoms with Gasteiger partial charge in [-0.05, 0) is 51.0 Å². The molecule has 0 radical (unpaired) electrons. The van der Waals surface area contributed by atoms with E-state index in [-0.39, 0.29) is 12.1 Å². The van der Waals surface area contributed by atoms with Crippen molar-refractivity contribution in [2.45, 2.75) is 38.0 Å². The second-order valence-electron chi connectivity index (χ2n) is 7.33. The van der Waals surface area contributed by atoms with Gasteiger partial charge in [0.15, 0.2) is 0 Å². The summed E-state index contributed by atoms with van der Waals surface area (Å²) in [5.74, 6) is 0. The molecule has 1 fully saturated rings. The topological polar surface area (TPSA) is 81.8 Å². The predicted molar refractivity (Wildman–Crippen MR) is 109 cm³/mol. The molecule has 27 heavy (non-hydrogen) atoms. The van der Waals surface area contributed by atoms with E-state index in [0.717, 1.165) is 24.5 Å². The maximum absolute atomic E-state index is 12.5. The Morgan fingerprint density at radius 2 is 1.67 bits per heavy atom. The van der Waals surface area contributed by atoms with Crippen LogP contribution in [-0.4, -0.2) is 56.8 Å². The molecule has 0 bridgehead atoms. The number of urea groups is 1. The molecular weight excluding hydrogens is 364 g/mol. The van der Waals surface area contributed by atoms with Crippen LogP contribution in [0.4, 0.5) is 16.2 Å². The maximum Gasteiger partial charge on any atom is 0.321 e. The average Bonchev–Trinajstić information content (AvgIpc) is 3.17. The molecule has 0 atom stereocenters. The van der Waals surface area contributed by atoms with Crippen LogP contribution in [0.5, 0.6) is 0 Å². The number of rotatable bonds is 5. The molecule has 3 rings (SSSR count). The van der Waals surface area contributed by atoms with E-state index in [0.29, 0.717) is 25.9 Å². The lowest BCUT2D eigenvalue weighted by atomic mass is 10.1. The molecule has 0 unspecified atom stereocenters. The van der Waals surface area contributed by atoms with E-state index < -0.39 is 15.3 Å². The van der Waals surface area contributed by atoms with Crippen LogP contribution < -0.4 is 14.9 Å². The molecule has 1 aromatic rings. The number of benzene rings is 1. The van der Waals surface area contributed by atoms with Crippen LogP contribution in [0, 0.1) is 0 Å². The summed E-state index contributed by atoms with van der Waals surface area (Å²) in [5.41, 5.74) is 1.90. The number of nitrogens with zero attached hydrogens (tertiary/aromatic N) is 2. The van der Waals surface area contributed by atoms with E-state index >= 15 is 0 Å². The molecule has 7 nitrogen and oxygen atoms in total. The lowest BCUT2D eigenvalue weighted by molar-refractivity contribution is 0.193. The van der Waals surface area contributed by atoms with Crippen molar-refractivity contribution in [2.24, 2.45) is 0 Å². The van der Waals surface area contributed by atoms with Gasteiger partial charge in [-0.15, -0.1) is 0 Å². The quantitative estimate of drug-likeness (QED) is 0.754. The van der Waals surface area contributed by atoms with Crippen molar-refractivity contribution in [3.05, 3.63) is 36.4 Å². The van der Waals surface area contributed by atoms with Crippen LogP contribution in [0.2, 0.25) is 0 Å². The van der Waals surface area contributed by atoms with Crippen molar-refractivity contribution in [3.63, 3.8) is 0 Å². The second-order valence-corrected chi connectivity index (χ2v) is 9.59. The smallest absolute Gasteiger partial charge is 0.321 e. The number of hydrogen-bond donors (Lipinski definition) is 2. The highest BCUT2D eigenvalue weighted by molar-refractivity contribution is 7.90. The van der Waals surface area contributed by atoms with Gasteiger partial charge in [0.05, 0.1) is 5.25 Å². The molecule has 0 saturated carbocycles. The van der Waals surface area contributed by atoms with Crippen LogP contribution in [0.15, 0.2) is 36.4 Å². The van der Waals surface area contributed by atoms with Crippen molar-refractivity contribution in [3.8, 4) is 0 Å². The number of piperidine rings is 1. The summed E-state index contributed by atoms with van der Waals surface area (Å²) in [6, 6.07) is 7.60. The third kappa shape index (κ3) is 5.01. The molecule has 0 aromatic heterocycles. The maximum atomic E-state index is 12.5. The van der Waals surface area contributed by atoms with Gasteiger partial charge in [0.2, 0.25) is 10.0 Å². The van der Waals surface area contributed by atoms with Gasteiger partial charge in [-0.25, -0.2) is 17.9 Å². The largest absolute Gasteiger partial charge is 0.364 e. The Labute approximate surface area is 161 Å². The van der Waals surface area contributed by atoms with Crippen LogP contribution in [-0.2, 0) is 10.0 Å². The number of anilines is 2. The SMILES string of the molecule is CC(C)S(=O)(=O)NC1CCN(C(=O)Nc2ccc(N3CC=CC3)cc2)CC1. The van der Waals surface area contributed by atoms with Crippen LogP contribution in [0.3, 0.4) is 0 Å². The first-order chi connectivity index (χ1) is 12.8. The first-order valence-corrected chi connectivity index (χ1v) is 11.0. The summed E-state index contributed by atoms with van der Waals surface area (Å²) in [6.45, 7) is 6.23. The molecule has 2 aliphatic heterocycles. The van der Waals surface area contributed by atoms with E-state index in [4.69, 9.17) is 0 Å². The van der Waals surface area contributed by atoms with E-state index in [1.807, 2.05) is 24.3 Å². The Morgan fingerprint density at radius 3 is 2.22 bits per heavy atom. The number of hydrogen-bond acceptors (Lipinski definition) is 4. The Morgan fingerprint density at radius 1 is 1.07 bits per heavy atom. The van der Waals surface area contributed by atoms with Crippen molar-refractivity contribution < 1.29 is 13.2 Å². The first-order valence-electron chi connectivity index (χ1n) is 9.42. The normalized spacial score (nSPS) is 18.3. The zero-order valence-electron chi connectivity index (χ0n) is 15.9. The Kier molecular flexibility index (Phi) is 6.06. The van der Waals surface area contributed by atoms with Crippen LogP contribution >= 0.6 is 0 Å². The fourth-order valence-corrected chi connectivity index (χ4v) is 4.19. The minimum absolute atomic E-state index is 0.102. The van der Waals surface area contributed by atoms with Gasteiger partial charge in [-0.3, -0.25) is 0 Å². The first kappa shape index (κ1) is 19.7. The molecular formula is C19H28N4O3S. The molecule has 148 valence electrons. The number of amides is 2.